The Hall–Kier alpha value is -1.96. The number of likely N-dealkylation sites (tertiary alicyclic amines) is 2. The number of ether oxygens (including phenoxy) is 1. The molecule has 0 amide bonds. The normalized spacial score (nSPS) is 23.7. The molecule has 1 aromatic heterocycles. The fraction of sp³-hybridized carbons (Fsp3) is 0.609. The van der Waals surface area contributed by atoms with Gasteiger partial charge in [-0.25, -0.2) is 4.98 Å². The molecule has 168 valence electrons. The van der Waals surface area contributed by atoms with Crippen LogP contribution in [0.15, 0.2) is 34.1 Å². The van der Waals surface area contributed by atoms with Gasteiger partial charge in [-0.05, 0) is 57.3 Å². The van der Waals surface area contributed by atoms with Crippen molar-refractivity contribution in [2.24, 2.45) is 4.99 Å². The number of ketones is 1. The highest BCUT2D eigenvalue weighted by Gasteiger charge is 2.30. The highest BCUT2D eigenvalue weighted by molar-refractivity contribution is 6.44. The molecule has 0 saturated carbocycles. The first kappa shape index (κ1) is 22.2. The number of hydrogen-bond donors (Lipinski definition) is 1. The Labute approximate surface area is 188 Å². The van der Waals surface area contributed by atoms with E-state index in [1.165, 1.54) is 5.56 Å². The number of aromatic nitrogens is 1. The molecule has 0 unspecified atom stereocenters. The van der Waals surface area contributed by atoms with Gasteiger partial charge in [-0.1, -0.05) is 11.6 Å². The van der Waals surface area contributed by atoms with E-state index in [9.17, 15) is 9.90 Å². The second-order valence-electron chi connectivity index (χ2n) is 9.36. The van der Waals surface area contributed by atoms with Gasteiger partial charge in [-0.3, -0.25) is 9.79 Å². The maximum absolute atomic E-state index is 11.8. The highest BCUT2D eigenvalue weighted by atomic mass is 35.5. The van der Waals surface area contributed by atoms with Crippen LogP contribution >= 0.6 is 11.6 Å². The molecule has 1 N–H and O–H groups in total. The van der Waals surface area contributed by atoms with Crippen molar-refractivity contribution in [2.75, 3.05) is 39.3 Å². The van der Waals surface area contributed by atoms with Crippen LogP contribution in [0.4, 0.5) is 0 Å². The first-order chi connectivity index (χ1) is 14.8. The number of halogens is 1. The maximum atomic E-state index is 11.8. The summed E-state index contributed by atoms with van der Waals surface area (Å²) in [4.78, 5) is 24.7. The summed E-state index contributed by atoms with van der Waals surface area (Å²) >= 11 is 6.20. The fourth-order valence-electron chi connectivity index (χ4n) is 4.63. The number of aliphatic hydroxyl groups is 1. The topological polar surface area (TPSA) is 78.3 Å². The lowest BCUT2D eigenvalue weighted by molar-refractivity contribution is -0.113. The molecule has 0 bridgehead atoms. The molecule has 31 heavy (non-hydrogen) atoms. The van der Waals surface area contributed by atoms with Crippen LogP contribution in [0.2, 0.25) is 0 Å². The van der Waals surface area contributed by atoms with Gasteiger partial charge in [0.15, 0.2) is 5.78 Å². The molecule has 3 aliphatic heterocycles. The van der Waals surface area contributed by atoms with Gasteiger partial charge in [0.25, 0.3) is 0 Å². The molecule has 2 saturated heterocycles. The predicted molar refractivity (Wildman–Crippen MR) is 121 cm³/mol. The third-order valence-corrected chi connectivity index (χ3v) is 6.52. The van der Waals surface area contributed by atoms with Crippen molar-refractivity contribution in [3.63, 3.8) is 0 Å². The van der Waals surface area contributed by atoms with Gasteiger partial charge in [0.05, 0.1) is 17.8 Å². The Morgan fingerprint density at radius 2 is 2.03 bits per heavy atom. The Bertz CT molecular complexity index is 872. The molecule has 0 spiro atoms. The van der Waals surface area contributed by atoms with Gasteiger partial charge >= 0.3 is 0 Å². The second kappa shape index (κ2) is 9.27. The summed E-state index contributed by atoms with van der Waals surface area (Å²) < 4.78 is 6.19. The molecule has 1 atom stereocenters. The fourth-order valence-corrected chi connectivity index (χ4v) is 4.86. The van der Waals surface area contributed by atoms with Gasteiger partial charge in [0, 0.05) is 38.0 Å². The Morgan fingerprint density at radius 3 is 2.77 bits per heavy atom. The zero-order chi connectivity index (χ0) is 22.0. The average molecular weight is 447 g/mol. The van der Waals surface area contributed by atoms with Crippen LogP contribution in [-0.2, 0) is 4.79 Å². The van der Waals surface area contributed by atoms with E-state index in [0.717, 1.165) is 38.9 Å². The third kappa shape index (κ3) is 5.64. The van der Waals surface area contributed by atoms with E-state index in [-0.39, 0.29) is 23.5 Å². The smallest absolute Gasteiger partial charge is 0.213 e. The summed E-state index contributed by atoms with van der Waals surface area (Å²) in [5.41, 5.74) is 1.30. The molecule has 0 radical (unpaired) electrons. The first-order valence-corrected chi connectivity index (χ1v) is 11.4. The van der Waals surface area contributed by atoms with Crippen molar-refractivity contribution >= 4 is 23.6 Å². The third-order valence-electron chi connectivity index (χ3n) is 6.12. The van der Waals surface area contributed by atoms with Crippen LogP contribution in [0.3, 0.4) is 0 Å². The van der Waals surface area contributed by atoms with E-state index in [1.54, 1.807) is 6.21 Å². The van der Waals surface area contributed by atoms with Crippen molar-refractivity contribution in [1.29, 1.82) is 0 Å². The molecule has 2 fully saturated rings. The van der Waals surface area contributed by atoms with Gasteiger partial charge in [0.2, 0.25) is 5.88 Å². The first-order valence-electron chi connectivity index (χ1n) is 11.0. The van der Waals surface area contributed by atoms with Crippen LogP contribution in [0.5, 0.6) is 5.88 Å². The van der Waals surface area contributed by atoms with Crippen LogP contribution in [0.25, 0.3) is 0 Å². The molecule has 7 nitrogen and oxygen atoms in total. The van der Waals surface area contributed by atoms with E-state index in [4.69, 9.17) is 16.3 Å². The van der Waals surface area contributed by atoms with Gasteiger partial charge in [-0.15, -0.1) is 0 Å². The molecule has 4 rings (SSSR count). The number of carbonyl (C=O) groups excluding carboxylic acids is 1. The zero-order valence-corrected chi connectivity index (χ0v) is 19.0. The minimum atomic E-state index is -0.656. The summed E-state index contributed by atoms with van der Waals surface area (Å²) in [5, 5.41) is 10.3. The van der Waals surface area contributed by atoms with Gasteiger partial charge in [-0.2, -0.15) is 0 Å². The van der Waals surface area contributed by atoms with Crippen LogP contribution in [-0.4, -0.2) is 82.9 Å². The standard InChI is InChI=1S/C23H31ClN4O3/c1-23(2,30)15-27-8-4-16(5-9-27)17-3-7-26-21(11-17)31-18-6-10-28(14-18)19-12-25-13-20(29)22(19)24/h3,7,11-12,16,18,30H,4-6,8-10,13-15H2,1-2H3/t18-/m1/s1. The molecular weight excluding hydrogens is 416 g/mol. The van der Waals surface area contributed by atoms with E-state index < -0.39 is 5.60 Å². The van der Waals surface area contributed by atoms with Crippen molar-refractivity contribution in [3.8, 4) is 5.88 Å². The summed E-state index contributed by atoms with van der Waals surface area (Å²) in [7, 11) is 0. The predicted octanol–water partition coefficient (Wildman–Crippen LogP) is 2.59. The highest BCUT2D eigenvalue weighted by Crippen LogP contribution is 2.31. The van der Waals surface area contributed by atoms with Crippen molar-refractivity contribution < 1.29 is 14.6 Å². The number of aliphatic imine (C=N–C) groups is 1. The largest absolute Gasteiger partial charge is 0.472 e. The number of hydrogen-bond acceptors (Lipinski definition) is 7. The quantitative estimate of drug-likeness (QED) is 0.723. The number of rotatable bonds is 6. The summed E-state index contributed by atoms with van der Waals surface area (Å²) in [6.07, 6.45) is 6.49. The lowest BCUT2D eigenvalue weighted by Gasteiger charge is -2.35. The van der Waals surface area contributed by atoms with Gasteiger partial charge in [0.1, 0.15) is 17.7 Å². The van der Waals surface area contributed by atoms with Gasteiger partial charge < -0.3 is 19.6 Å². The minimum Gasteiger partial charge on any atom is -0.472 e. The number of β-amino-alcohol motifs (C(OH)–C–C–N with tert-alkyl or cyclic N) is 1. The van der Waals surface area contributed by atoms with E-state index >= 15 is 0 Å². The Kier molecular flexibility index (Phi) is 6.65. The summed E-state index contributed by atoms with van der Waals surface area (Å²) in [6.45, 7) is 7.96. The Morgan fingerprint density at radius 1 is 1.26 bits per heavy atom. The SMILES string of the molecule is CC(C)(O)CN1CCC(c2ccnc(O[C@@H]3CCN(C4=C(Cl)C(=O)CN=C4)C3)c2)CC1. The summed E-state index contributed by atoms with van der Waals surface area (Å²) in [6, 6.07) is 4.15. The number of allylic oxidation sites excluding steroid dienone is 1. The van der Waals surface area contributed by atoms with E-state index in [1.807, 2.05) is 20.0 Å². The molecule has 8 heteroatoms. The number of pyridine rings is 1. The van der Waals surface area contributed by atoms with Crippen molar-refractivity contribution in [3.05, 3.63) is 34.6 Å². The lowest BCUT2D eigenvalue weighted by Crippen LogP contribution is -2.42. The van der Waals surface area contributed by atoms with E-state index in [0.29, 0.717) is 30.6 Å². The molecular formula is C23H31ClN4O3. The maximum Gasteiger partial charge on any atom is 0.213 e. The van der Waals surface area contributed by atoms with Crippen LogP contribution in [0.1, 0.15) is 44.6 Å². The van der Waals surface area contributed by atoms with E-state index in [2.05, 4.69) is 31.9 Å². The monoisotopic (exact) mass is 446 g/mol. The van der Waals surface area contributed by atoms with Crippen molar-refractivity contribution in [1.82, 2.24) is 14.8 Å². The number of dihydropyridines is 1. The molecule has 3 aliphatic rings. The average Bonchev–Trinajstić information content (AvgIpc) is 3.18. The van der Waals surface area contributed by atoms with Crippen LogP contribution < -0.4 is 4.74 Å². The number of piperidine rings is 1. The zero-order valence-electron chi connectivity index (χ0n) is 18.3. The minimum absolute atomic E-state index is 0.00113. The van der Waals surface area contributed by atoms with Crippen LogP contribution in [0, 0.1) is 0 Å². The molecule has 0 aliphatic carbocycles. The number of nitrogens with zero attached hydrogens (tertiary/aromatic N) is 4. The molecule has 0 aromatic carbocycles. The second-order valence-corrected chi connectivity index (χ2v) is 9.73. The number of Topliss-reactive ketones (excluding diaryl/α,β-unsaturated/α-hetero) is 1. The molecule has 1 aromatic rings. The number of carbonyl (C=O) groups is 1. The molecule has 4 heterocycles. The lowest BCUT2D eigenvalue weighted by atomic mass is 9.89. The van der Waals surface area contributed by atoms with Crippen molar-refractivity contribution in [2.45, 2.75) is 50.7 Å². The summed E-state index contributed by atoms with van der Waals surface area (Å²) in [5.74, 6) is 1.00. The Balaban J connectivity index is 1.33.